The van der Waals surface area contributed by atoms with Crippen molar-refractivity contribution < 1.29 is 4.74 Å². The first-order chi connectivity index (χ1) is 8.97. The van der Waals surface area contributed by atoms with Crippen molar-refractivity contribution in [2.24, 2.45) is 5.73 Å². The molecular formula is C14H12Br2ClNO. The van der Waals surface area contributed by atoms with Crippen LogP contribution in [0.25, 0.3) is 0 Å². The minimum Gasteiger partial charge on any atom is -0.456 e. The second kappa shape index (κ2) is 6.27. The van der Waals surface area contributed by atoms with Crippen molar-refractivity contribution in [2.45, 2.75) is 13.0 Å². The molecule has 2 nitrogen and oxygen atoms in total. The number of benzene rings is 2. The predicted molar refractivity (Wildman–Crippen MR) is 86.0 cm³/mol. The topological polar surface area (TPSA) is 35.2 Å². The molecule has 0 unspecified atom stereocenters. The second-order valence-corrected chi connectivity index (χ2v) is 6.33. The van der Waals surface area contributed by atoms with Gasteiger partial charge in [-0.15, -0.1) is 0 Å². The van der Waals surface area contributed by atoms with Crippen molar-refractivity contribution in [3.63, 3.8) is 0 Å². The molecule has 2 N–H and O–H groups in total. The van der Waals surface area contributed by atoms with Gasteiger partial charge in [0.05, 0.1) is 5.02 Å². The average molecular weight is 406 g/mol. The highest BCUT2D eigenvalue weighted by Crippen LogP contribution is 2.34. The normalized spacial score (nSPS) is 12.3. The molecule has 2 aromatic carbocycles. The van der Waals surface area contributed by atoms with E-state index in [2.05, 4.69) is 31.9 Å². The maximum atomic E-state index is 6.09. The Labute approximate surface area is 134 Å². The molecule has 2 aromatic rings. The molecule has 0 spiro atoms. The molecule has 0 aliphatic heterocycles. The van der Waals surface area contributed by atoms with Gasteiger partial charge in [-0.25, -0.2) is 0 Å². The van der Waals surface area contributed by atoms with E-state index in [1.807, 2.05) is 37.3 Å². The van der Waals surface area contributed by atoms with E-state index in [9.17, 15) is 0 Å². The van der Waals surface area contributed by atoms with Crippen molar-refractivity contribution in [2.75, 3.05) is 0 Å². The van der Waals surface area contributed by atoms with Crippen molar-refractivity contribution in [1.82, 2.24) is 0 Å². The molecule has 0 bridgehead atoms. The standard InChI is InChI=1S/C14H12Br2ClNO/c1-8(18)11-4-3-10(7-12(11)16)19-14-6-9(15)2-5-13(14)17/h2-8H,18H2,1H3/t8-/m1/s1. The Morgan fingerprint density at radius 2 is 1.89 bits per heavy atom. The van der Waals surface area contributed by atoms with Crippen LogP contribution in [0, 0.1) is 0 Å². The first-order valence-corrected chi connectivity index (χ1v) is 7.61. The van der Waals surface area contributed by atoms with Crippen molar-refractivity contribution in [3.8, 4) is 11.5 Å². The van der Waals surface area contributed by atoms with Crippen LogP contribution in [-0.2, 0) is 0 Å². The van der Waals surface area contributed by atoms with Gasteiger partial charge in [0.25, 0.3) is 0 Å². The number of ether oxygens (including phenoxy) is 1. The highest BCUT2D eigenvalue weighted by Gasteiger charge is 2.08. The minimum absolute atomic E-state index is 0.0297. The molecule has 0 heterocycles. The van der Waals surface area contributed by atoms with Crippen LogP contribution >= 0.6 is 43.5 Å². The zero-order chi connectivity index (χ0) is 14.0. The Bertz CT molecular complexity index is 602. The highest BCUT2D eigenvalue weighted by atomic mass is 79.9. The number of nitrogens with two attached hydrogens (primary N) is 1. The fourth-order valence-electron chi connectivity index (χ4n) is 1.62. The summed E-state index contributed by atoms with van der Waals surface area (Å²) in [5, 5.41) is 0.565. The van der Waals surface area contributed by atoms with Gasteiger partial charge in [-0.2, -0.15) is 0 Å². The maximum Gasteiger partial charge on any atom is 0.147 e. The Balaban J connectivity index is 2.29. The molecule has 0 aliphatic carbocycles. The molecule has 5 heteroatoms. The summed E-state index contributed by atoms with van der Waals surface area (Å²) < 4.78 is 7.61. The lowest BCUT2D eigenvalue weighted by Crippen LogP contribution is -2.05. The SMILES string of the molecule is C[C@@H](N)c1ccc(Oc2cc(Br)ccc2Cl)cc1Br. The summed E-state index contributed by atoms with van der Waals surface area (Å²) in [6.45, 7) is 1.94. The fraction of sp³-hybridized carbons (Fsp3) is 0.143. The molecule has 0 radical (unpaired) electrons. The summed E-state index contributed by atoms with van der Waals surface area (Å²) in [4.78, 5) is 0. The number of rotatable bonds is 3. The predicted octanol–water partition coefficient (Wildman–Crippen LogP) is 5.68. The van der Waals surface area contributed by atoms with Crippen LogP contribution in [0.4, 0.5) is 0 Å². The van der Waals surface area contributed by atoms with Crippen LogP contribution in [0.2, 0.25) is 5.02 Å². The van der Waals surface area contributed by atoms with Gasteiger partial charge in [0.2, 0.25) is 0 Å². The quantitative estimate of drug-likeness (QED) is 0.713. The molecule has 19 heavy (non-hydrogen) atoms. The summed E-state index contributed by atoms with van der Waals surface area (Å²) in [6.07, 6.45) is 0. The Hall–Kier alpha value is -0.550. The van der Waals surface area contributed by atoms with Crippen LogP contribution in [0.1, 0.15) is 18.5 Å². The van der Waals surface area contributed by atoms with Crippen LogP contribution in [0.5, 0.6) is 11.5 Å². The molecule has 0 saturated carbocycles. The average Bonchev–Trinajstić information content (AvgIpc) is 2.33. The van der Waals surface area contributed by atoms with Gasteiger partial charge in [0.15, 0.2) is 0 Å². The highest BCUT2D eigenvalue weighted by molar-refractivity contribution is 9.10. The lowest BCUT2D eigenvalue weighted by atomic mass is 10.1. The Morgan fingerprint density at radius 1 is 1.16 bits per heavy atom. The third-order valence-corrected chi connectivity index (χ3v) is 4.08. The summed E-state index contributed by atoms with van der Waals surface area (Å²) in [6, 6.07) is 11.1. The van der Waals surface area contributed by atoms with Gasteiger partial charge in [-0.3, -0.25) is 0 Å². The molecule has 0 fully saturated rings. The first kappa shape index (κ1) is 14.9. The molecule has 1 atom stereocenters. The van der Waals surface area contributed by atoms with Crippen molar-refractivity contribution >= 4 is 43.5 Å². The molecule has 0 amide bonds. The second-order valence-electron chi connectivity index (χ2n) is 4.15. The number of halogens is 3. The summed E-state index contributed by atoms with van der Waals surface area (Å²) in [5.41, 5.74) is 6.90. The lowest BCUT2D eigenvalue weighted by molar-refractivity contribution is 0.482. The maximum absolute atomic E-state index is 6.09. The van der Waals surface area contributed by atoms with Gasteiger partial charge in [-0.1, -0.05) is 49.5 Å². The first-order valence-electron chi connectivity index (χ1n) is 5.65. The fourth-order valence-corrected chi connectivity index (χ4v) is 2.84. The lowest BCUT2D eigenvalue weighted by Gasteiger charge is -2.12. The number of hydrogen-bond acceptors (Lipinski definition) is 2. The summed E-state index contributed by atoms with van der Waals surface area (Å²) in [7, 11) is 0. The van der Waals surface area contributed by atoms with E-state index < -0.39 is 0 Å². The van der Waals surface area contributed by atoms with E-state index in [4.69, 9.17) is 22.1 Å². The molecule has 100 valence electrons. The molecule has 0 saturated heterocycles. The van der Waals surface area contributed by atoms with E-state index >= 15 is 0 Å². The third-order valence-electron chi connectivity index (χ3n) is 2.58. The summed E-state index contributed by atoms with van der Waals surface area (Å²) in [5.74, 6) is 1.31. The van der Waals surface area contributed by atoms with Crippen LogP contribution < -0.4 is 10.5 Å². The van der Waals surface area contributed by atoms with Gasteiger partial charge < -0.3 is 10.5 Å². The Morgan fingerprint density at radius 3 is 2.53 bits per heavy atom. The monoisotopic (exact) mass is 403 g/mol. The largest absolute Gasteiger partial charge is 0.456 e. The van der Waals surface area contributed by atoms with Crippen molar-refractivity contribution in [1.29, 1.82) is 0 Å². The minimum atomic E-state index is -0.0297. The van der Waals surface area contributed by atoms with E-state index in [-0.39, 0.29) is 6.04 Å². The van der Waals surface area contributed by atoms with Crippen molar-refractivity contribution in [3.05, 3.63) is 55.9 Å². The van der Waals surface area contributed by atoms with Gasteiger partial charge in [0.1, 0.15) is 11.5 Å². The zero-order valence-electron chi connectivity index (χ0n) is 10.2. The van der Waals surface area contributed by atoms with Crippen LogP contribution in [0.15, 0.2) is 45.3 Å². The van der Waals surface area contributed by atoms with E-state index in [0.29, 0.717) is 16.5 Å². The zero-order valence-corrected chi connectivity index (χ0v) is 14.1. The smallest absolute Gasteiger partial charge is 0.147 e. The van der Waals surface area contributed by atoms with E-state index in [0.717, 1.165) is 14.5 Å². The molecule has 2 rings (SSSR count). The molecule has 0 aromatic heterocycles. The number of hydrogen-bond donors (Lipinski definition) is 1. The van der Waals surface area contributed by atoms with Crippen LogP contribution in [-0.4, -0.2) is 0 Å². The summed E-state index contributed by atoms with van der Waals surface area (Å²) >= 11 is 13.0. The molecule has 0 aliphatic rings. The van der Waals surface area contributed by atoms with Gasteiger partial charge in [0, 0.05) is 15.0 Å². The third kappa shape index (κ3) is 3.72. The Kier molecular flexibility index (Phi) is 4.90. The van der Waals surface area contributed by atoms with Gasteiger partial charge >= 0.3 is 0 Å². The van der Waals surface area contributed by atoms with Crippen LogP contribution in [0.3, 0.4) is 0 Å². The molecular weight excluding hydrogens is 393 g/mol. The van der Waals surface area contributed by atoms with E-state index in [1.165, 1.54) is 0 Å². The van der Waals surface area contributed by atoms with Gasteiger partial charge in [-0.05, 0) is 42.8 Å². The van der Waals surface area contributed by atoms with E-state index in [1.54, 1.807) is 6.07 Å².